The maximum absolute atomic E-state index is 11.3. The molecular weight excluding hydrogens is 504 g/mol. The maximum Gasteiger partial charge on any atom is 0.308 e. The fourth-order valence-electron chi connectivity index (χ4n) is 3.56. The van der Waals surface area contributed by atoms with Gasteiger partial charge in [-0.25, -0.2) is 0 Å². The van der Waals surface area contributed by atoms with E-state index in [1.54, 1.807) is 33.8 Å². The second-order valence-corrected chi connectivity index (χ2v) is 8.43. The minimum absolute atomic E-state index is 0. The molecule has 0 bridgehead atoms. The van der Waals surface area contributed by atoms with Gasteiger partial charge in [0.25, 0.3) is 0 Å². The quantitative estimate of drug-likeness (QED) is 0.246. The van der Waals surface area contributed by atoms with Crippen molar-refractivity contribution in [2.24, 2.45) is 0 Å². The number of esters is 2. The van der Waals surface area contributed by atoms with Crippen LogP contribution in [0.1, 0.15) is 82.1 Å². The molecule has 0 N–H and O–H groups in total. The molecule has 0 aromatic carbocycles. The number of carbonyl (C=O) groups excluding carboxylic acids is 2. The van der Waals surface area contributed by atoms with Crippen molar-refractivity contribution in [3.8, 4) is 12.3 Å². The van der Waals surface area contributed by atoms with Crippen LogP contribution in [0.3, 0.4) is 0 Å². The van der Waals surface area contributed by atoms with Crippen LogP contribution in [0.15, 0.2) is 12.7 Å². The summed E-state index contributed by atoms with van der Waals surface area (Å²) < 4.78 is 32.1. The van der Waals surface area contributed by atoms with Crippen LogP contribution in [0.25, 0.3) is 0 Å². The van der Waals surface area contributed by atoms with Gasteiger partial charge in [-0.05, 0) is 41.5 Å². The highest BCUT2D eigenvalue weighted by atomic mass is 32.1. The highest BCUT2D eigenvalue weighted by Gasteiger charge is 2.36. The maximum atomic E-state index is 11.3. The van der Waals surface area contributed by atoms with E-state index in [0.717, 1.165) is 0 Å². The van der Waals surface area contributed by atoms with Gasteiger partial charge in [-0.3, -0.25) is 9.59 Å². The van der Waals surface area contributed by atoms with Crippen LogP contribution in [-0.2, 0) is 38.0 Å². The summed E-state index contributed by atoms with van der Waals surface area (Å²) in [6.45, 7) is 15.3. The van der Waals surface area contributed by atoms with E-state index in [-0.39, 0.29) is 91.0 Å². The van der Waals surface area contributed by atoms with Crippen molar-refractivity contribution >= 4 is 38.9 Å². The monoisotopic (exact) mass is 554 g/mol. The Balaban J connectivity index is -0.000000256. The lowest BCUT2D eigenvalue weighted by molar-refractivity contribution is -0.290. The van der Waals surface area contributed by atoms with Crippen molar-refractivity contribution in [2.45, 2.75) is 118 Å². The Morgan fingerprint density at radius 3 is 1.69 bits per heavy atom. The molecule has 36 heavy (non-hydrogen) atoms. The second kappa shape index (κ2) is 19.8. The topological polar surface area (TPSA) is 89.5 Å². The highest BCUT2D eigenvalue weighted by Crippen LogP contribution is 2.29. The van der Waals surface area contributed by atoms with Crippen molar-refractivity contribution < 1.29 is 38.0 Å². The predicted octanol–water partition coefficient (Wildman–Crippen LogP) is 5.02. The average Bonchev–Trinajstić information content (AvgIpc) is 2.66. The number of carbonyl (C=O) groups is 2. The van der Waals surface area contributed by atoms with Crippen LogP contribution in [0, 0.1) is 12.3 Å². The standard InChI is InChI=1S/C12H20O4.C12H18O4.2CH4.2H2S/c2*1-5-9-7-10(8-11(13)14-6-2)16-12(3,4)15-9;;;;/h5,9-10H,1,6-8H2,2-4H3;1,9-10H,6-8H2,2-4H3;2*1H4;2*1H2/t2*9-,10-;;;;/m11..../s1. The van der Waals surface area contributed by atoms with Gasteiger partial charge in [0, 0.05) is 12.8 Å². The molecule has 0 unspecified atom stereocenters. The van der Waals surface area contributed by atoms with Gasteiger partial charge in [-0.2, -0.15) is 27.0 Å². The van der Waals surface area contributed by atoms with Crippen LogP contribution in [0.4, 0.5) is 0 Å². The summed E-state index contributed by atoms with van der Waals surface area (Å²) in [4.78, 5) is 22.7. The predicted molar refractivity (Wildman–Crippen MR) is 153 cm³/mol. The number of rotatable bonds is 7. The lowest BCUT2D eigenvalue weighted by atomic mass is 10.1. The Hall–Kier alpha value is -1.22. The third-order valence-electron chi connectivity index (χ3n) is 4.58. The van der Waals surface area contributed by atoms with Gasteiger partial charge in [0.2, 0.25) is 0 Å². The van der Waals surface area contributed by atoms with Crippen molar-refractivity contribution in [1.29, 1.82) is 0 Å². The molecule has 2 fully saturated rings. The zero-order valence-corrected chi connectivity index (χ0v) is 23.2. The van der Waals surface area contributed by atoms with Gasteiger partial charge in [0.15, 0.2) is 11.6 Å². The van der Waals surface area contributed by atoms with E-state index in [4.69, 9.17) is 34.8 Å². The molecule has 4 atom stereocenters. The molecule has 2 heterocycles. The van der Waals surface area contributed by atoms with Crippen molar-refractivity contribution in [2.75, 3.05) is 13.2 Å². The van der Waals surface area contributed by atoms with E-state index in [1.807, 2.05) is 13.8 Å². The number of ether oxygens (including phenoxy) is 6. The molecule has 0 radical (unpaired) electrons. The van der Waals surface area contributed by atoms with Crippen LogP contribution < -0.4 is 0 Å². The third kappa shape index (κ3) is 16.5. The summed E-state index contributed by atoms with van der Waals surface area (Å²) in [6.07, 6.45) is 7.97. The van der Waals surface area contributed by atoms with Gasteiger partial charge in [0.05, 0.1) is 44.4 Å². The molecule has 10 heteroatoms. The molecule has 0 aromatic heterocycles. The van der Waals surface area contributed by atoms with Crippen LogP contribution in [0.2, 0.25) is 0 Å². The van der Waals surface area contributed by atoms with Gasteiger partial charge >= 0.3 is 11.9 Å². The van der Waals surface area contributed by atoms with E-state index < -0.39 is 11.6 Å². The largest absolute Gasteiger partial charge is 0.466 e. The van der Waals surface area contributed by atoms with Gasteiger partial charge in [0.1, 0.15) is 6.10 Å². The van der Waals surface area contributed by atoms with Crippen LogP contribution >= 0.6 is 27.0 Å². The Morgan fingerprint density at radius 2 is 1.31 bits per heavy atom. The lowest BCUT2D eigenvalue weighted by Crippen LogP contribution is -2.44. The average molecular weight is 555 g/mol. The van der Waals surface area contributed by atoms with E-state index in [2.05, 4.69) is 12.5 Å². The van der Waals surface area contributed by atoms with Crippen molar-refractivity contribution in [1.82, 2.24) is 0 Å². The number of hydrogen-bond acceptors (Lipinski definition) is 8. The number of terminal acetylenes is 1. The SMILES string of the molecule is C.C.C#C[C@@H]1C[C@H](CC(=O)OCC)OC(C)(C)O1.C=C[C@@H]1C[C@H](CC(=O)OCC)OC(C)(C)O1.S.S. The molecule has 0 saturated carbocycles. The molecule has 2 saturated heterocycles. The molecule has 0 aliphatic carbocycles. The normalized spacial score (nSPS) is 25.1. The second-order valence-electron chi connectivity index (χ2n) is 8.43. The molecule has 0 aromatic rings. The van der Waals surface area contributed by atoms with Gasteiger partial charge < -0.3 is 28.4 Å². The fraction of sp³-hybridized carbons (Fsp3) is 0.769. The zero-order valence-electron chi connectivity index (χ0n) is 21.2. The first kappa shape index (κ1) is 41.9. The molecule has 8 nitrogen and oxygen atoms in total. The minimum atomic E-state index is -0.744. The molecule has 2 aliphatic heterocycles. The Kier molecular flexibility index (Phi) is 23.1. The highest BCUT2D eigenvalue weighted by molar-refractivity contribution is 7.59. The first-order chi connectivity index (χ1) is 14.9. The summed E-state index contributed by atoms with van der Waals surface area (Å²) in [7, 11) is 0. The molecule has 214 valence electrons. The van der Waals surface area contributed by atoms with Gasteiger partial charge in [-0.1, -0.05) is 26.8 Å². The van der Waals surface area contributed by atoms with Crippen molar-refractivity contribution in [3.63, 3.8) is 0 Å². The Morgan fingerprint density at radius 1 is 0.889 bits per heavy atom. The van der Waals surface area contributed by atoms with Gasteiger partial charge in [-0.15, -0.1) is 13.0 Å². The van der Waals surface area contributed by atoms with E-state index >= 15 is 0 Å². The van der Waals surface area contributed by atoms with E-state index in [1.165, 1.54) is 0 Å². The Bertz CT molecular complexity index is 675. The minimum Gasteiger partial charge on any atom is -0.466 e. The van der Waals surface area contributed by atoms with Crippen LogP contribution in [0.5, 0.6) is 0 Å². The summed E-state index contributed by atoms with van der Waals surface area (Å²) in [5, 5.41) is 0. The summed E-state index contributed by atoms with van der Waals surface area (Å²) in [5.74, 6) is 0.633. The zero-order chi connectivity index (χ0) is 24.4. The molecular formula is C26H50O8S2. The summed E-state index contributed by atoms with van der Waals surface area (Å²) in [6, 6.07) is 0. The molecule has 2 rings (SSSR count). The molecule has 2 aliphatic rings. The van der Waals surface area contributed by atoms with E-state index in [9.17, 15) is 9.59 Å². The summed E-state index contributed by atoms with van der Waals surface area (Å²) in [5.41, 5.74) is 0. The summed E-state index contributed by atoms with van der Waals surface area (Å²) >= 11 is 0. The number of hydrogen-bond donors (Lipinski definition) is 0. The Labute approximate surface area is 233 Å². The fourth-order valence-corrected chi connectivity index (χ4v) is 3.56. The third-order valence-corrected chi connectivity index (χ3v) is 4.58. The lowest BCUT2D eigenvalue weighted by Gasteiger charge is -2.39. The van der Waals surface area contributed by atoms with E-state index in [0.29, 0.717) is 26.1 Å². The smallest absolute Gasteiger partial charge is 0.308 e. The molecule has 0 amide bonds. The first-order valence-corrected chi connectivity index (χ1v) is 11.0. The molecule has 0 spiro atoms. The first-order valence-electron chi connectivity index (χ1n) is 11.0. The van der Waals surface area contributed by atoms with Crippen molar-refractivity contribution in [3.05, 3.63) is 12.7 Å². The van der Waals surface area contributed by atoms with Crippen LogP contribution in [-0.4, -0.2) is 61.1 Å².